The number of benzene rings is 2. The molecule has 2 rings (SSSR count). The second kappa shape index (κ2) is 6.07. The van der Waals surface area contributed by atoms with Crippen molar-refractivity contribution in [2.75, 3.05) is 5.75 Å². The molecule has 0 aliphatic carbocycles. The molecule has 0 amide bonds. The highest BCUT2D eigenvalue weighted by Gasteiger charge is 2.07. The minimum atomic E-state index is 0.186. The molecular formula is C17H18OS. The summed E-state index contributed by atoms with van der Waals surface area (Å²) >= 11 is 1.62. The quantitative estimate of drug-likeness (QED) is 0.597. The standard InChI is InChI=1S/C17H18OS/c1-12-5-8-15(9-6-12)16(18)11-19-17-10-13(2)4-7-14(17)3/h4-10H,11H2,1-3H3. The maximum atomic E-state index is 12.1. The first-order chi connectivity index (χ1) is 9.06. The lowest BCUT2D eigenvalue weighted by Gasteiger charge is -2.06. The van der Waals surface area contributed by atoms with E-state index < -0.39 is 0 Å². The van der Waals surface area contributed by atoms with E-state index in [-0.39, 0.29) is 5.78 Å². The van der Waals surface area contributed by atoms with Gasteiger partial charge in [0.2, 0.25) is 0 Å². The van der Waals surface area contributed by atoms with Crippen molar-refractivity contribution in [3.63, 3.8) is 0 Å². The van der Waals surface area contributed by atoms with E-state index in [9.17, 15) is 4.79 Å². The number of thioether (sulfide) groups is 1. The lowest BCUT2D eigenvalue weighted by molar-refractivity contribution is 0.102. The molecule has 19 heavy (non-hydrogen) atoms. The molecule has 0 aliphatic heterocycles. The first-order valence-electron chi connectivity index (χ1n) is 6.36. The predicted molar refractivity (Wildman–Crippen MR) is 82.1 cm³/mol. The van der Waals surface area contributed by atoms with Gasteiger partial charge in [0.15, 0.2) is 5.78 Å². The molecule has 0 N–H and O–H groups in total. The summed E-state index contributed by atoms with van der Waals surface area (Å²) in [4.78, 5) is 13.3. The van der Waals surface area contributed by atoms with E-state index in [1.165, 1.54) is 21.6 Å². The SMILES string of the molecule is Cc1ccc(C(=O)CSc2cc(C)ccc2C)cc1. The fraction of sp³-hybridized carbons (Fsp3) is 0.235. The largest absolute Gasteiger partial charge is 0.293 e. The summed E-state index contributed by atoms with van der Waals surface area (Å²) in [6, 6.07) is 14.1. The number of Topliss-reactive ketones (excluding diaryl/α,β-unsaturated/α-hetero) is 1. The average Bonchev–Trinajstić information content (AvgIpc) is 2.40. The van der Waals surface area contributed by atoms with Crippen LogP contribution in [0.1, 0.15) is 27.0 Å². The van der Waals surface area contributed by atoms with Gasteiger partial charge in [0.25, 0.3) is 0 Å². The first-order valence-corrected chi connectivity index (χ1v) is 7.35. The molecular weight excluding hydrogens is 252 g/mol. The van der Waals surface area contributed by atoms with Gasteiger partial charge in [0.1, 0.15) is 0 Å². The van der Waals surface area contributed by atoms with Gasteiger partial charge in [-0.25, -0.2) is 0 Å². The number of hydrogen-bond acceptors (Lipinski definition) is 2. The number of ketones is 1. The van der Waals surface area contributed by atoms with Crippen LogP contribution >= 0.6 is 11.8 Å². The van der Waals surface area contributed by atoms with Crippen molar-refractivity contribution in [2.24, 2.45) is 0 Å². The zero-order chi connectivity index (χ0) is 13.8. The summed E-state index contributed by atoms with van der Waals surface area (Å²) in [5, 5.41) is 0. The summed E-state index contributed by atoms with van der Waals surface area (Å²) in [5.74, 6) is 0.679. The van der Waals surface area contributed by atoms with Gasteiger partial charge in [-0.3, -0.25) is 4.79 Å². The van der Waals surface area contributed by atoms with Gasteiger partial charge >= 0.3 is 0 Å². The van der Waals surface area contributed by atoms with E-state index >= 15 is 0 Å². The van der Waals surface area contributed by atoms with Gasteiger partial charge in [-0.2, -0.15) is 0 Å². The van der Waals surface area contributed by atoms with E-state index in [0.29, 0.717) is 5.75 Å². The molecule has 0 spiro atoms. The molecule has 0 bridgehead atoms. The van der Waals surface area contributed by atoms with Gasteiger partial charge < -0.3 is 0 Å². The fourth-order valence-electron chi connectivity index (χ4n) is 1.83. The Kier molecular flexibility index (Phi) is 4.43. The second-order valence-electron chi connectivity index (χ2n) is 4.85. The molecule has 0 aromatic heterocycles. The maximum absolute atomic E-state index is 12.1. The lowest BCUT2D eigenvalue weighted by atomic mass is 10.1. The maximum Gasteiger partial charge on any atom is 0.173 e. The minimum absolute atomic E-state index is 0.186. The number of hydrogen-bond donors (Lipinski definition) is 0. The summed E-state index contributed by atoms with van der Waals surface area (Å²) in [6.07, 6.45) is 0. The molecule has 0 fully saturated rings. The monoisotopic (exact) mass is 270 g/mol. The molecule has 98 valence electrons. The van der Waals surface area contributed by atoms with E-state index in [4.69, 9.17) is 0 Å². The number of carbonyl (C=O) groups excluding carboxylic acids is 1. The van der Waals surface area contributed by atoms with Crippen molar-refractivity contribution in [1.82, 2.24) is 0 Å². The molecule has 1 nitrogen and oxygen atoms in total. The number of carbonyl (C=O) groups is 1. The van der Waals surface area contributed by atoms with Crippen LogP contribution < -0.4 is 0 Å². The van der Waals surface area contributed by atoms with Crippen LogP contribution in [0, 0.1) is 20.8 Å². The van der Waals surface area contributed by atoms with E-state index in [2.05, 4.69) is 32.0 Å². The van der Waals surface area contributed by atoms with Gasteiger partial charge in [0, 0.05) is 10.5 Å². The normalized spacial score (nSPS) is 10.5. The van der Waals surface area contributed by atoms with Crippen LogP contribution in [0.4, 0.5) is 0 Å². The molecule has 0 heterocycles. The molecule has 2 aromatic rings. The molecule has 0 radical (unpaired) electrons. The van der Waals surface area contributed by atoms with Crippen LogP contribution in [-0.4, -0.2) is 11.5 Å². The Morgan fingerprint density at radius 3 is 2.26 bits per heavy atom. The molecule has 0 unspecified atom stereocenters. The highest BCUT2D eigenvalue weighted by Crippen LogP contribution is 2.24. The summed E-state index contributed by atoms with van der Waals surface area (Å²) in [7, 11) is 0. The Bertz CT molecular complexity index is 585. The Morgan fingerprint density at radius 2 is 1.58 bits per heavy atom. The second-order valence-corrected chi connectivity index (χ2v) is 5.86. The Balaban J connectivity index is 2.04. The minimum Gasteiger partial charge on any atom is -0.293 e. The van der Waals surface area contributed by atoms with Crippen LogP contribution in [0.2, 0.25) is 0 Å². The summed E-state index contributed by atoms with van der Waals surface area (Å²) in [6.45, 7) is 6.18. The molecule has 2 aromatic carbocycles. The van der Waals surface area contributed by atoms with Crippen molar-refractivity contribution < 1.29 is 4.79 Å². The Morgan fingerprint density at radius 1 is 0.947 bits per heavy atom. The molecule has 0 aliphatic rings. The van der Waals surface area contributed by atoms with E-state index in [1.807, 2.05) is 31.2 Å². The van der Waals surface area contributed by atoms with Gasteiger partial charge in [0.05, 0.1) is 5.75 Å². The molecule has 0 atom stereocenters. The van der Waals surface area contributed by atoms with Crippen molar-refractivity contribution in [2.45, 2.75) is 25.7 Å². The first kappa shape index (κ1) is 13.9. The van der Waals surface area contributed by atoms with Gasteiger partial charge in [-0.05, 0) is 32.4 Å². The van der Waals surface area contributed by atoms with E-state index in [0.717, 1.165) is 5.56 Å². The van der Waals surface area contributed by atoms with Crippen LogP contribution in [0.15, 0.2) is 47.4 Å². The number of rotatable bonds is 4. The third-order valence-electron chi connectivity index (χ3n) is 3.08. The van der Waals surface area contributed by atoms with Gasteiger partial charge in [-0.15, -0.1) is 11.8 Å². The predicted octanol–water partition coefficient (Wildman–Crippen LogP) is 4.59. The zero-order valence-corrected chi connectivity index (χ0v) is 12.4. The zero-order valence-electron chi connectivity index (χ0n) is 11.6. The summed E-state index contributed by atoms with van der Waals surface area (Å²) < 4.78 is 0. The summed E-state index contributed by atoms with van der Waals surface area (Å²) in [5.41, 5.74) is 4.44. The third kappa shape index (κ3) is 3.71. The third-order valence-corrected chi connectivity index (χ3v) is 4.23. The smallest absolute Gasteiger partial charge is 0.173 e. The van der Waals surface area contributed by atoms with E-state index in [1.54, 1.807) is 11.8 Å². The van der Waals surface area contributed by atoms with Crippen molar-refractivity contribution in [1.29, 1.82) is 0 Å². The van der Waals surface area contributed by atoms with Crippen LogP contribution in [0.5, 0.6) is 0 Å². The van der Waals surface area contributed by atoms with Crippen molar-refractivity contribution in [3.8, 4) is 0 Å². The van der Waals surface area contributed by atoms with Crippen molar-refractivity contribution >= 4 is 17.5 Å². The highest BCUT2D eigenvalue weighted by molar-refractivity contribution is 8.00. The van der Waals surface area contributed by atoms with Crippen LogP contribution in [-0.2, 0) is 0 Å². The Hall–Kier alpha value is -1.54. The number of aryl methyl sites for hydroxylation is 3. The fourth-order valence-corrected chi connectivity index (χ4v) is 2.85. The highest BCUT2D eigenvalue weighted by atomic mass is 32.2. The van der Waals surface area contributed by atoms with Gasteiger partial charge in [-0.1, -0.05) is 47.5 Å². The van der Waals surface area contributed by atoms with Crippen LogP contribution in [0.3, 0.4) is 0 Å². The lowest BCUT2D eigenvalue weighted by Crippen LogP contribution is -2.02. The van der Waals surface area contributed by atoms with Crippen LogP contribution in [0.25, 0.3) is 0 Å². The molecule has 0 saturated heterocycles. The Labute approximate surface area is 119 Å². The molecule has 0 saturated carbocycles. The average molecular weight is 270 g/mol. The molecule has 2 heteroatoms. The topological polar surface area (TPSA) is 17.1 Å². The van der Waals surface area contributed by atoms with Crippen molar-refractivity contribution in [3.05, 3.63) is 64.7 Å².